The molecule has 1 aliphatic rings. The van der Waals surface area contributed by atoms with Gasteiger partial charge in [0.2, 0.25) is 17.4 Å². The number of methoxy groups -OCH3 is 1. The number of carbonyl (C=O) groups is 1. The molecule has 0 unspecified atom stereocenters. The molecule has 0 N–H and O–H groups in total. The Labute approximate surface area is 163 Å². The van der Waals surface area contributed by atoms with E-state index in [1.54, 1.807) is 30.3 Å². The molecule has 0 fully saturated rings. The summed E-state index contributed by atoms with van der Waals surface area (Å²) in [5, 5.41) is 0. The highest BCUT2D eigenvalue weighted by Crippen LogP contribution is 2.33. The molecule has 0 radical (unpaired) electrons. The fraction of sp³-hybridized carbons (Fsp3) is 0.200. The van der Waals surface area contributed by atoms with Crippen molar-refractivity contribution >= 4 is 5.97 Å². The summed E-state index contributed by atoms with van der Waals surface area (Å²) in [6.07, 6.45) is 1.83. The Balaban J connectivity index is 2.00. The van der Waals surface area contributed by atoms with Gasteiger partial charge in [-0.2, -0.15) is 22.5 Å². The Morgan fingerprint density at radius 1 is 1.07 bits per heavy atom. The number of benzene rings is 1. The maximum absolute atomic E-state index is 14.0. The maximum atomic E-state index is 14.0. The van der Waals surface area contributed by atoms with E-state index in [0.29, 0.717) is 0 Å². The second-order valence-corrected chi connectivity index (χ2v) is 5.93. The lowest BCUT2D eigenvalue weighted by atomic mass is 10.0. The van der Waals surface area contributed by atoms with Crippen molar-refractivity contribution in [2.45, 2.75) is 19.4 Å². The molecule has 0 aliphatic heterocycles. The number of rotatable bonds is 6. The molecule has 1 aromatic heterocycles. The van der Waals surface area contributed by atoms with Crippen LogP contribution >= 0.6 is 0 Å². The maximum Gasteiger partial charge on any atom is 0.341 e. The van der Waals surface area contributed by atoms with E-state index in [2.05, 4.69) is 4.98 Å². The van der Waals surface area contributed by atoms with Crippen molar-refractivity contribution in [3.05, 3.63) is 82.6 Å². The van der Waals surface area contributed by atoms with E-state index in [0.717, 1.165) is 12.7 Å². The van der Waals surface area contributed by atoms with E-state index in [4.69, 9.17) is 14.2 Å². The molecule has 1 aromatic carbocycles. The number of hydrogen-bond acceptors (Lipinski definition) is 5. The van der Waals surface area contributed by atoms with Crippen LogP contribution in [0.2, 0.25) is 0 Å². The van der Waals surface area contributed by atoms with Crippen molar-refractivity contribution in [3.8, 4) is 5.75 Å². The quantitative estimate of drug-likeness (QED) is 0.404. The summed E-state index contributed by atoms with van der Waals surface area (Å²) in [7, 11) is 1.15. The first kappa shape index (κ1) is 20.4. The molecule has 0 spiro atoms. The predicted molar refractivity (Wildman–Crippen MR) is 92.3 cm³/mol. The Hall–Kier alpha value is -3.36. The van der Waals surface area contributed by atoms with Crippen LogP contribution in [0.4, 0.5) is 17.6 Å². The zero-order chi connectivity index (χ0) is 21.0. The SMILES string of the molecule is COC(=O)C1=CCCC(Oc2c(F)c(F)nc(F)c2F)=C1OCc1ccccc1. The van der Waals surface area contributed by atoms with E-state index >= 15 is 0 Å². The van der Waals surface area contributed by atoms with Crippen LogP contribution in [0.5, 0.6) is 5.75 Å². The molecule has 0 bridgehead atoms. The molecule has 9 heteroatoms. The smallest absolute Gasteiger partial charge is 0.341 e. The van der Waals surface area contributed by atoms with Gasteiger partial charge in [-0.1, -0.05) is 36.4 Å². The minimum atomic E-state index is -1.86. The minimum Gasteiger partial charge on any atom is -0.484 e. The number of pyridine rings is 1. The van der Waals surface area contributed by atoms with E-state index < -0.39 is 35.2 Å². The zero-order valence-electron chi connectivity index (χ0n) is 15.2. The molecule has 2 aromatic rings. The number of halogens is 4. The summed E-state index contributed by atoms with van der Waals surface area (Å²) in [6, 6.07) is 8.87. The molecule has 0 saturated heterocycles. The second-order valence-electron chi connectivity index (χ2n) is 5.93. The van der Waals surface area contributed by atoms with Gasteiger partial charge in [-0.15, -0.1) is 0 Å². The van der Waals surface area contributed by atoms with Crippen LogP contribution < -0.4 is 4.74 Å². The number of nitrogens with zero attached hydrogens (tertiary/aromatic N) is 1. The molecule has 0 atom stereocenters. The number of esters is 1. The first-order chi connectivity index (χ1) is 13.9. The fourth-order valence-corrected chi connectivity index (χ4v) is 2.66. The Bertz CT molecular complexity index is 963. The topological polar surface area (TPSA) is 57.7 Å². The molecule has 1 aliphatic carbocycles. The molecular formula is C20H15F4NO4. The molecule has 29 heavy (non-hydrogen) atoms. The lowest BCUT2D eigenvalue weighted by molar-refractivity contribution is -0.136. The number of ether oxygens (including phenoxy) is 3. The lowest BCUT2D eigenvalue weighted by Gasteiger charge is -2.21. The van der Waals surface area contributed by atoms with Gasteiger partial charge in [0.15, 0.2) is 5.76 Å². The number of aromatic nitrogens is 1. The van der Waals surface area contributed by atoms with Gasteiger partial charge >= 0.3 is 5.97 Å². The van der Waals surface area contributed by atoms with E-state index in [9.17, 15) is 22.4 Å². The first-order valence-corrected chi connectivity index (χ1v) is 8.49. The average molecular weight is 409 g/mol. The van der Waals surface area contributed by atoms with Crippen LogP contribution in [-0.4, -0.2) is 18.1 Å². The highest BCUT2D eigenvalue weighted by atomic mass is 19.2. The third-order valence-electron chi connectivity index (χ3n) is 4.03. The van der Waals surface area contributed by atoms with Gasteiger partial charge in [-0.3, -0.25) is 0 Å². The largest absolute Gasteiger partial charge is 0.484 e. The lowest BCUT2D eigenvalue weighted by Crippen LogP contribution is -2.17. The van der Waals surface area contributed by atoms with Crippen molar-refractivity contribution in [1.82, 2.24) is 4.98 Å². The molecule has 152 valence electrons. The summed E-state index contributed by atoms with van der Waals surface area (Å²) in [6.45, 7) is 0.00139. The van der Waals surface area contributed by atoms with Crippen LogP contribution in [0.3, 0.4) is 0 Å². The van der Waals surface area contributed by atoms with Gasteiger partial charge in [-0.05, 0) is 12.0 Å². The van der Waals surface area contributed by atoms with E-state index in [1.807, 2.05) is 0 Å². The van der Waals surface area contributed by atoms with Crippen molar-refractivity contribution in [2.24, 2.45) is 0 Å². The number of hydrogen-bond donors (Lipinski definition) is 0. The summed E-state index contributed by atoms with van der Waals surface area (Å²) in [5.74, 6) is -9.69. The molecule has 1 heterocycles. The average Bonchev–Trinajstić information content (AvgIpc) is 2.74. The van der Waals surface area contributed by atoms with Crippen LogP contribution in [0.1, 0.15) is 18.4 Å². The minimum absolute atomic E-state index is 0.00139. The number of allylic oxidation sites excluding steroid dienone is 2. The van der Waals surface area contributed by atoms with Crippen molar-refractivity contribution in [2.75, 3.05) is 7.11 Å². The summed E-state index contributed by atoms with van der Waals surface area (Å²) >= 11 is 0. The molecule has 3 rings (SSSR count). The summed E-state index contributed by atoms with van der Waals surface area (Å²) in [5.41, 5.74) is 0.716. The van der Waals surface area contributed by atoms with Crippen molar-refractivity contribution < 1.29 is 36.6 Å². The van der Waals surface area contributed by atoms with Crippen LogP contribution in [0.25, 0.3) is 0 Å². The van der Waals surface area contributed by atoms with Crippen LogP contribution in [-0.2, 0) is 20.9 Å². The van der Waals surface area contributed by atoms with Gasteiger partial charge < -0.3 is 14.2 Å². The fourth-order valence-electron chi connectivity index (χ4n) is 2.66. The van der Waals surface area contributed by atoms with Gasteiger partial charge in [0.05, 0.1) is 7.11 Å². The molecular weight excluding hydrogens is 394 g/mol. The summed E-state index contributed by atoms with van der Waals surface area (Å²) < 4.78 is 70.2. The van der Waals surface area contributed by atoms with Crippen molar-refractivity contribution in [1.29, 1.82) is 0 Å². The Morgan fingerprint density at radius 3 is 2.34 bits per heavy atom. The third-order valence-corrected chi connectivity index (χ3v) is 4.03. The second kappa shape index (κ2) is 8.76. The highest BCUT2D eigenvalue weighted by Gasteiger charge is 2.29. The highest BCUT2D eigenvalue weighted by molar-refractivity contribution is 5.93. The normalized spacial score (nSPS) is 13.8. The molecule has 0 amide bonds. The van der Waals surface area contributed by atoms with Crippen LogP contribution in [0, 0.1) is 23.5 Å². The van der Waals surface area contributed by atoms with Crippen LogP contribution in [0.15, 0.2) is 53.5 Å². The monoisotopic (exact) mass is 409 g/mol. The third kappa shape index (κ3) is 4.39. The molecule has 5 nitrogen and oxygen atoms in total. The van der Waals surface area contributed by atoms with Gasteiger partial charge in [0.1, 0.15) is 17.9 Å². The van der Waals surface area contributed by atoms with Crippen molar-refractivity contribution in [3.63, 3.8) is 0 Å². The predicted octanol–water partition coefficient (Wildman–Crippen LogP) is 4.34. The Morgan fingerprint density at radius 2 is 1.72 bits per heavy atom. The Kier molecular flexibility index (Phi) is 6.16. The van der Waals surface area contributed by atoms with Gasteiger partial charge in [0, 0.05) is 6.42 Å². The standard InChI is InChI=1S/C20H15F4NO4/c1-27-20(26)12-8-5-9-13(16(12)28-10-11-6-3-2-4-7-11)29-17-14(21)18(23)25-19(24)15(17)22/h2-4,6-8H,5,9-10H2,1H3. The first-order valence-electron chi connectivity index (χ1n) is 8.49. The van der Waals surface area contributed by atoms with E-state index in [1.165, 1.54) is 6.08 Å². The van der Waals surface area contributed by atoms with Gasteiger partial charge in [0.25, 0.3) is 11.9 Å². The zero-order valence-corrected chi connectivity index (χ0v) is 15.2. The van der Waals surface area contributed by atoms with Gasteiger partial charge in [-0.25, -0.2) is 4.79 Å². The molecule has 0 saturated carbocycles. The number of carbonyl (C=O) groups excluding carboxylic acids is 1. The summed E-state index contributed by atoms with van der Waals surface area (Å²) in [4.78, 5) is 14.6. The van der Waals surface area contributed by atoms with E-state index in [-0.39, 0.29) is 36.5 Å².